The van der Waals surface area contributed by atoms with E-state index in [1.54, 1.807) is 30.1 Å². The SMILES string of the molecule is Cc1ccsc1CN(Cc1ccc2c(c1)OCO2)C(=O)CN(C(C)C)S(=O)(=O)c1ccc(Cl)cc1. The largest absolute Gasteiger partial charge is 0.454 e. The van der Waals surface area contributed by atoms with Crippen LogP contribution in [0, 0.1) is 6.92 Å². The van der Waals surface area contributed by atoms with Crippen molar-refractivity contribution >= 4 is 38.9 Å². The number of thiophene rings is 1. The lowest BCUT2D eigenvalue weighted by Gasteiger charge is -2.29. The molecule has 0 spiro atoms. The molecule has 0 fully saturated rings. The number of halogens is 1. The summed E-state index contributed by atoms with van der Waals surface area (Å²) in [5.74, 6) is 1.01. The van der Waals surface area contributed by atoms with Crippen molar-refractivity contribution in [2.24, 2.45) is 0 Å². The lowest BCUT2D eigenvalue weighted by Crippen LogP contribution is -2.45. The van der Waals surface area contributed by atoms with Crippen LogP contribution < -0.4 is 9.47 Å². The van der Waals surface area contributed by atoms with Crippen LogP contribution in [0.1, 0.15) is 29.9 Å². The van der Waals surface area contributed by atoms with E-state index in [0.29, 0.717) is 29.6 Å². The monoisotopic (exact) mass is 534 g/mol. The highest BCUT2D eigenvalue weighted by Crippen LogP contribution is 2.33. The molecule has 0 saturated carbocycles. The summed E-state index contributed by atoms with van der Waals surface area (Å²) in [6.45, 7) is 6.09. The lowest BCUT2D eigenvalue weighted by molar-refractivity contribution is -0.132. The topological polar surface area (TPSA) is 76.2 Å². The molecule has 2 heterocycles. The minimum atomic E-state index is -3.90. The predicted molar refractivity (Wildman–Crippen MR) is 136 cm³/mol. The van der Waals surface area contributed by atoms with E-state index < -0.39 is 16.1 Å². The van der Waals surface area contributed by atoms with E-state index in [4.69, 9.17) is 21.1 Å². The molecule has 0 N–H and O–H groups in total. The van der Waals surface area contributed by atoms with Gasteiger partial charge in [-0.05, 0) is 79.7 Å². The highest BCUT2D eigenvalue weighted by Gasteiger charge is 2.31. The summed E-state index contributed by atoms with van der Waals surface area (Å²) in [6, 6.07) is 13.1. The highest BCUT2D eigenvalue weighted by atomic mass is 35.5. The van der Waals surface area contributed by atoms with Crippen molar-refractivity contribution in [2.75, 3.05) is 13.3 Å². The Balaban J connectivity index is 1.60. The number of rotatable bonds is 9. The average molecular weight is 535 g/mol. The summed E-state index contributed by atoms with van der Waals surface area (Å²) in [5, 5.41) is 2.43. The molecular weight excluding hydrogens is 508 g/mol. The van der Waals surface area contributed by atoms with Gasteiger partial charge in [0.25, 0.3) is 0 Å². The smallest absolute Gasteiger partial charge is 0.243 e. The summed E-state index contributed by atoms with van der Waals surface area (Å²) in [5.41, 5.74) is 1.96. The zero-order chi connectivity index (χ0) is 25.2. The summed E-state index contributed by atoms with van der Waals surface area (Å²) in [7, 11) is -3.90. The molecule has 35 heavy (non-hydrogen) atoms. The van der Waals surface area contributed by atoms with Crippen molar-refractivity contribution in [3.63, 3.8) is 0 Å². The molecule has 7 nitrogen and oxygen atoms in total. The molecule has 1 aliphatic heterocycles. The fourth-order valence-electron chi connectivity index (χ4n) is 3.75. The van der Waals surface area contributed by atoms with Crippen LogP contribution in [0.2, 0.25) is 5.02 Å². The number of nitrogens with zero attached hydrogens (tertiary/aromatic N) is 2. The zero-order valence-corrected chi connectivity index (χ0v) is 22.1. The van der Waals surface area contributed by atoms with E-state index in [0.717, 1.165) is 16.0 Å². The van der Waals surface area contributed by atoms with Crippen molar-refractivity contribution in [3.8, 4) is 11.5 Å². The molecule has 3 aromatic rings. The third-order valence-corrected chi connectivity index (χ3v) is 9.05. The fourth-order valence-corrected chi connectivity index (χ4v) is 6.38. The van der Waals surface area contributed by atoms with Gasteiger partial charge in [0.05, 0.1) is 18.0 Å². The second-order valence-electron chi connectivity index (χ2n) is 8.56. The van der Waals surface area contributed by atoms with Crippen LogP contribution >= 0.6 is 22.9 Å². The number of sulfonamides is 1. The van der Waals surface area contributed by atoms with Gasteiger partial charge in [-0.15, -0.1) is 11.3 Å². The normalized spacial score (nSPS) is 13.0. The van der Waals surface area contributed by atoms with Crippen molar-refractivity contribution in [1.29, 1.82) is 0 Å². The van der Waals surface area contributed by atoms with Gasteiger partial charge < -0.3 is 14.4 Å². The first-order valence-electron chi connectivity index (χ1n) is 11.1. The molecule has 2 aromatic carbocycles. The number of hydrogen-bond donors (Lipinski definition) is 0. The van der Waals surface area contributed by atoms with Gasteiger partial charge in [-0.25, -0.2) is 8.42 Å². The van der Waals surface area contributed by atoms with Crippen LogP contribution in [-0.4, -0.2) is 42.9 Å². The third-order valence-electron chi connectivity index (χ3n) is 5.75. The second-order valence-corrected chi connectivity index (χ2v) is 11.9. The van der Waals surface area contributed by atoms with Crippen LogP contribution in [0.4, 0.5) is 0 Å². The summed E-state index contributed by atoms with van der Waals surface area (Å²) < 4.78 is 38.9. The van der Waals surface area contributed by atoms with Crippen LogP contribution in [0.3, 0.4) is 0 Å². The van der Waals surface area contributed by atoms with Gasteiger partial charge in [0, 0.05) is 22.5 Å². The number of hydrogen-bond acceptors (Lipinski definition) is 6. The Morgan fingerprint density at radius 2 is 1.77 bits per heavy atom. The Hall–Kier alpha value is -2.59. The summed E-state index contributed by atoms with van der Waals surface area (Å²) >= 11 is 7.51. The van der Waals surface area contributed by atoms with Gasteiger partial charge in [0.2, 0.25) is 22.7 Å². The standard InChI is InChI=1S/C25H27ClN2O5S2/c1-17(2)28(35(30,31)21-7-5-20(26)6-8-21)15-25(29)27(14-24-18(3)10-11-34-24)13-19-4-9-22-23(12-19)33-16-32-22/h4-12,17H,13-16H2,1-3H3. The third kappa shape index (κ3) is 5.81. The molecule has 0 aliphatic carbocycles. The van der Waals surface area contributed by atoms with Crippen LogP contribution in [0.15, 0.2) is 58.8 Å². The first-order valence-corrected chi connectivity index (χ1v) is 13.8. The van der Waals surface area contributed by atoms with E-state index in [1.165, 1.54) is 28.6 Å². The van der Waals surface area contributed by atoms with Crippen molar-refractivity contribution < 1.29 is 22.7 Å². The molecule has 4 rings (SSSR count). The van der Waals surface area contributed by atoms with E-state index in [9.17, 15) is 13.2 Å². The Kier molecular flexibility index (Phi) is 7.70. The number of fused-ring (bicyclic) bond motifs is 1. The first-order chi connectivity index (χ1) is 16.6. The van der Waals surface area contributed by atoms with E-state index >= 15 is 0 Å². The fraction of sp³-hybridized carbons (Fsp3) is 0.320. The van der Waals surface area contributed by atoms with Crippen LogP contribution in [-0.2, 0) is 27.9 Å². The molecule has 0 saturated heterocycles. The molecule has 1 aliphatic rings. The van der Waals surface area contributed by atoms with Gasteiger partial charge in [-0.3, -0.25) is 4.79 Å². The van der Waals surface area contributed by atoms with Gasteiger partial charge in [0.15, 0.2) is 11.5 Å². The Bertz CT molecular complexity index is 1310. The quantitative estimate of drug-likeness (QED) is 0.383. The van der Waals surface area contributed by atoms with Gasteiger partial charge in [-0.2, -0.15) is 4.31 Å². The molecule has 0 unspecified atom stereocenters. The van der Waals surface area contributed by atoms with Crippen LogP contribution in [0.25, 0.3) is 0 Å². The minimum absolute atomic E-state index is 0.0971. The summed E-state index contributed by atoms with van der Waals surface area (Å²) in [4.78, 5) is 16.4. The van der Waals surface area contributed by atoms with Gasteiger partial charge in [0.1, 0.15) is 0 Å². The van der Waals surface area contributed by atoms with Gasteiger partial charge in [-0.1, -0.05) is 17.7 Å². The van der Waals surface area contributed by atoms with E-state index in [1.807, 2.05) is 36.6 Å². The summed E-state index contributed by atoms with van der Waals surface area (Å²) in [6.07, 6.45) is 0. The number of ether oxygens (including phenoxy) is 2. The van der Waals surface area contributed by atoms with Crippen molar-refractivity contribution in [1.82, 2.24) is 9.21 Å². The Morgan fingerprint density at radius 3 is 2.43 bits per heavy atom. The molecular formula is C25H27ClN2O5S2. The molecule has 1 amide bonds. The Morgan fingerprint density at radius 1 is 1.06 bits per heavy atom. The Labute approximate surface area is 214 Å². The maximum atomic E-state index is 13.6. The first kappa shape index (κ1) is 25.5. The second kappa shape index (κ2) is 10.6. The minimum Gasteiger partial charge on any atom is -0.454 e. The van der Waals surface area contributed by atoms with E-state index in [2.05, 4.69) is 0 Å². The highest BCUT2D eigenvalue weighted by molar-refractivity contribution is 7.89. The number of benzene rings is 2. The number of amides is 1. The predicted octanol–water partition coefficient (Wildman–Crippen LogP) is 5.07. The molecule has 186 valence electrons. The molecule has 1 aromatic heterocycles. The molecule has 0 atom stereocenters. The molecule has 10 heteroatoms. The van der Waals surface area contributed by atoms with E-state index in [-0.39, 0.29) is 24.1 Å². The zero-order valence-electron chi connectivity index (χ0n) is 19.7. The number of aryl methyl sites for hydroxylation is 1. The number of carbonyl (C=O) groups is 1. The van der Waals surface area contributed by atoms with Crippen LogP contribution in [0.5, 0.6) is 11.5 Å². The average Bonchev–Trinajstić information content (AvgIpc) is 3.45. The van der Waals surface area contributed by atoms with Crippen molar-refractivity contribution in [2.45, 2.75) is 44.8 Å². The van der Waals surface area contributed by atoms with Gasteiger partial charge >= 0.3 is 0 Å². The molecule has 0 bridgehead atoms. The lowest BCUT2D eigenvalue weighted by atomic mass is 10.1. The molecule has 0 radical (unpaired) electrons. The maximum Gasteiger partial charge on any atom is 0.243 e. The maximum absolute atomic E-state index is 13.6. The van der Waals surface area contributed by atoms with Crippen molar-refractivity contribution in [3.05, 3.63) is 74.9 Å². The number of carbonyl (C=O) groups excluding carboxylic acids is 1.